The van der Waals surface area contributed by atoms with E-state index in [2.05, 4.69) is 33.9 Å². The lowest BCUT2D eigenvalue weighted by Gasteiger charge is -2.37. The highest BCUT2D eigenvalue weighted by Crippen LogP contribution is 2.51. The van der Waals surface area contributed by atoms with E-state index in [1.807, 2.05) is 19.1 Å². The molecule has 0 bridgehead atoms. The first-order valence-corrected chi connectivity index (χ1v) is 11.9. The molecule has 4 heteroatoms. The highest BCUT2D eigenvalue weighted by Gasteiger charge is 2.44. The van der Waals surface area contributed by atoms with Gasteiger partial charge in [-0.3, -0.25) is 0 Å². The minimum atomic E-state index is -2.97. The van der Waals surface area contributed by atoms with Crippen LogP contribution in [0.1, 0.15) is 44.4 Å². The molecule has 2 aromatic rings. The van der Waals surface area contributed by atoms with Gasteiger partial charge in [-0.05, 0) is 48.3 Å². The van der Waals surface area contributed by atoms with E-state index in [1.165, 1.54) is 6.07 Å². The molecule has 0 amide bonds. The van der Waals surface area contributed by atoms with E-state index in [-0.39, 0.29) is 16.2 Å². The molecule has 0 N–H and O–H groups in total. The molecule has 1 nitrogen and oxygen atoms in total. The zero-order valence-corrected chi connectivity index (χ0v) is 17.3. The van der Waals surface area contributed by atoms with Crippen molar-refractivity contribution in [1.82, 2.24) is 0 Å². The predicted molar refractivity (Wildman–Crippen MR) is 107 cm³/mol. The van der Waals surface area contributed by atoms with Gasteiger partial charge in [0, 0.05) is 16.7 Å². The van der Waals surface area contributed by atoms with E-state index in [9.17, 15) is 8.78 Å². The second kappa shape index (κ2) is 6.05. The Bertz CT molecular complexity index is 876. The molecule has 0 aromatic heterocycles. The van der Waals surface area contributed by atoms with Gasteiger partial charge in [-0.2, -0.15) is 8.78 Å². The summed E-state index contributed by atoms with van der Waals surface area (Å²) in [4.78, 5) is 0. The molecule has 0 spiro atoms. The van der Waals surface area contributed by atoms with Crippen molar-refractivity contribution < 1.29 is 13.2 Å². The van der Waals surface area contributed by atoms with Crippen LogP contribution in [0.15, 0.2) is 48.5 Å². The fourth-order valence-electron chi connectivity index (χ4n) is 3.04. The Kier molecular flexibility index (Phi) is 4.38. The number of benzene rings is 2. The van der Waals surface area contributed by atoms with Crippen molar-refractivity contribution in [3.63, 3.8) is 0 Å². The number of alkyl halides is 2. The molecule has 0 radical (unpaired) electrons. The van der Waals surface area contributed by atoms with Crippen molar-refractivity contribution in [3.05, 3.63) is 65.2 Å². The van der Waals surface area contributed by atoms with E-state index in [1.54, 1.807) is 30.3 Å². The summed E-state index contributed by atoms with van der Waals surface area (Å²) in [5.74, 6) is -2.29. The molecule has 0 fully saturated rings. The number of hydrogen-bond donors (Lipinski definition) is 0. The Hall–Kier alpha value is -1.94. The van der Waals surface area contributed by atoms with Crippen molar-refractivity contribution in [1.29, 1.82) is 0 Å². The van der Waals surface area contributed by atoms with Crippen LogP contribution in [0.3, 0.4) is 0 Å². The zero-order chi connectivity index (χ0) is 19.3. The quantitative estimate of drug-likeness (QED) is 0.409. The fraction of sp³-hybridized carbons (Fsp3) is 0.364. The maximum Gasteiger partial charge on any atom is 0.299 e. The molecule has 2 aromatic carbocycles. The Labute approximate surface area is 155 Å². The molecule has 0 atom stereocenters. The highest BCUT2D eigenvalue weighted by atomic mass is 28.4. The molecule has 1 aliphatic rings. The highest BCUT2D eigenvalue weighted by molar-refractivity contribution is 6.74. The Morgan fingerprint density at radius 2 is 1.62 bits per heavy atom. The maximum absolute atomic E-state index is 15.0. The third-order valence-corrected chi connectivity index (χ3v) is 9.97. The lowest BCUT2D eigenvalue weighted by Crippen LogP contribution is -2.40. The standard InChI is InChI=1S/C22H26F2OSi/c1-7-20(25-26(5,6)21(2,3)4)15-12-13-17-16-10-8-9-11-18(16)22(23,24)19(17)14-15/h7-14H,1-6H3/b20-7+. The molecular formula is C22H26F2OSi. The third-order valence-electron chi connectivity index (χ3n) is 5.63. The number of halogens is 2. The fourth-order valence-corrected chi connectivity index (χ4v) is 4.13. The Morgan fingerprint density at radius 1 is 1.00 bits per heavy atom. The SMILES string of the molecule is C/C=C(/O[Si](C)(C)C(C)(C)C)c1ccc2c(c1)C(F)(F)c1ccccc1-2. The van der Waals surface area contributed by atoms with Gasteiger partial charge in [-0.1, -0.05) is 57.2 Å². The normalized spacial score (nSPS) is 16.2. The first-order valence-electron chi connectivity index (χ1n) is 8.97. The van der Waals surface area contributed by atoms with Gasteiger partial charge < -0.3 is 4.43 Å². The lowest BCUT2D eigenvalue weighted by atomic mass is 10.0. The van der Waals surface area contributed by atoms with E-state index in [0.717, 1.165) is 0 Å². The van der Waals surface area contributed by atoms with E-state index >= 15 is 0 Å². The Morgan fingerprint density at radius 3 is 2.23 bits per heavy atom. The number of hydrogen-bond acceptors (Lipinski definition) is 1. The van der Waals surface area contributed by atoms with Crippen LogP contribution >= 0.6 is 0 Å². The average Bonchev–Trinajstić information content (AvgIpc) is 2.80. The summed E-state index contributed by atoms with van der Waals surface area (Å²) in [5.41, 5.74) is 2.08. The third kappa shape index (κ3) is 2.90. The van der Waals surface area contributed by atoms with Gasteiger partial charge in [0.1, 0.15) is 5.76 Å². The molecule has 0 unspecified atom stereocenters. The summed E-state index contributed by atoms with van der Waals surface area (Å²) < 4.78 is 36.3. The van der Waals surface area contributed by atoms with Gasteiger partial charge in [0.25, 0.3) is 5.92 Å². The molecule has 0 saturated heterocycles. The van der Waals surface area contributed by atoms with Crippen LogP contribution in [0.5, 0.6) is 0 Å². The predicted octanol–water partition coefficient (Wildman–Crippen LogP) is 7.19. The molecule has 26 heavy (non-hydrogen) atoms. The van der Waals surface area contributed by atoms with Crippen LogP contribution in [0, 0.1) is 0 Å². The largest absolute Gasteiger partial charge is 0.543 e. The topological polar surface area (TPSA) is 9.23 Å². The van der Waals surface area contributed by atoms with Crippen LogP contribution in [-0.4, -0.2) is 8.32 Å². The van der Waals surface area contributed by atoms with E-state index in [0.29, 0.717) is 22.4 Å². The molecule has 138 valence electrons. The summed E-state index contributed by atoms with van der Waals surface area (Å²) in [6, 6.07) is 12.0. The van der Waals surface area contributed by atoms with Crippen LogP contribution in [0.25, 0.3) is 16.9 Å². The summed E-state index contributed by atoms with van der Waals surface area (Å²) >= 11 is 0. The van der Waals surface area contributed by atoms with Gasteiger partial charge in [-0.15, -0.1) is 0 Å². The summed E-state index contributed by atoms with van der Waals surface area (Å²) in [6.45, 7) is 12.7. The van der Waals surface area contributed by atoms with Gasteiger partial charge in [0.15, 0.2) is 0 Å². The first kappa shape index (κ1) is 18.8. The summed E-state index contributed by atoms with van der Waals surface area (Å²) in [5, 5.41) is 0.0398. The van der Waals surface area contributed by atoms with Crippen molar-refractivity contribution in [3.8, 4) is 11.1 Å². The molecule has 1 aliphatic carbocycles. The second-order valence-electron chi connectivity index (χ2n) is 8.40. The minimum absolute atomic E-state index is 0.0398. The lowest BCUT2D eigenvalue weighted by molar-refractivity contribution is 0.0480. The Balaban J connectivity index is 2.04. The van der Waals surface area contributed by atoms with Crippen molar-refractivity contribution in [2.45, 2.75) is 51.7 Å². The van der Waals surface area contributed by atoms with Crippen LogP contribution in [0.4, 0.5) is 8.78 Å². The van der Waals surface area contributed by atoms with Crippen LogP contribution < -0.4 is 0 Å². The average molecular weight is 373 g/mol. The smallest absolute Gasteiger partial charge is 0.299 e. The minimum Gasteiger partial charge on any atom is -0.543 e. The summed E-state index contributed by atoms with van der Waals surface area (Å²) in [6.07, 6.45) is 1.88. The van der Waals surface area contributed by atoms with Crippen molar-refractivity contribution >= 4 is 14.1 Å². The number of allylic oxidation sites excluding steroid dienone is 1. The zero-order valence-electron chi connectivity index (χ0n) is 16.3. The van der Waals surface area contributed by atoms with Crippen molar-refractivity contribution in [2.24, 2.45) is 0 Å². The van der Waals surface area contributed by atoms with Gasteiger partial charge in [0.05, 0.1) is 0 Å². The molecule has 0 saturated carbocycles. The number of rotatable bonds is 3. The van der Waals surface area contributed by atoms with Gasteiger partial charge >= 0.3 is 0 Å². The van der Waals surface area contributed by atoms with Crippen LogP contribution in [-0.2, 0) is 10.3 Å². The summed E-state index contributed by atoms with van der Waals surface area (Å²) in [7, 11) is -2.05. The van der Waals surface area contributed by atoms with Crippen LogP contribution in [0.2, 0.25) is 18.1 Å². The molecular weight excluding hydrogens is 346 g/mol. The van der Waals surface area contributed by atoms with E-state index < -0.39 is 14.2 Å². The first-order chi connectivity index (χ1) is 12.0. The molecule has 3 rings (SSSR count). The molecule has 0 heterocycles. The van der Waals surface area contributed by atoms with E-state index in [4.69, 9.17) is 4.43 Å². The van der Waals surface area contributed by atoms with Gasteiger partial charge in [0.2, 0.25) is 8.32 Å². The van der Waals surface area contributed by atoms with Crippen molar-refractivity contribution in [2.75, 3.05) is 0 Å². The maximum atomic E-state index is 15.0. The number of fused-ring (bicyclic) bond motifs is 3. The monoisotopic (exact) mass is 372 g/mol. The molecule has 0 aliphatic heterocycles. The second-order valence-corrected chi connectivity index (χ2v) is 13.1. The van der Waals surface area contributed by atoms with Gasteiger partial charge in [-0.25, -0.2) is 0 Å².